The summed E-state index contributed by atoms with van der Waals surface area (Å²) in [5.74, 6) is 2.00. The average Bonchev–Trinajstić information content (AvgIpc) is 2.26. The van der Waals surface area contributed by atoms with Gasteiger partial charge in [0.05, 0.1) is 7.11 Å². The van der Waals surface area contributed by atoms with Crippen molar-refractivity contribution in [1.29, 1.82) is 0 Å². The number of hydrogen-bond donors (Lipinski definition) is 0. The molecule has 0 saturated carbocycles. The van der Waals surface area contributed by atoms with Crippen LogP contribution in [0.4, 0.5) is 0 Å². The molecule has 0 unspecified atom stereocenters. The maximum absolute atomic E-state index is 10.8. The number of nitrogens with zero attached hydrogens (tertiary/aromatic N) is 1. The van der Waals surface area contributed by atoms with Crippen molar-refractivity contribution < 1.29 is 9.53 Å². The molecule has 0 N–H and O–H groups in total. The Morgan fingerprint density at radius 3 is 3.14 bits per heavy atom. The fourth-order valence-electron chi connectivity index (χ4n) is 0.899. The Morgan fingerprint density at radius 2 is 2.50 bits per heavy atom. The monoisotopic (exact) mass is 187 g/mol. The zero-order valence-corrected chi connectivity index (χ0v) is 7.73. The van der Waals surface area contributed by atoms with Crippen molar-refractivity contribution in [1.82, 2.24) is 4.98 Å². The van der Waals surface area contributed by atoms with E-state index >= 15 is 0 Å². The van der Waals surface area contributed by atoms with Crippen molar-refractivity contribution in [3.63, 3.8) is 0 Å². The van der Waals surface area contributed by atoms with Crippen LogP contribution in [0.1, 0.15) is 11.3 Å². The molecule has 0 spiro atoms. The Morgan fingerprint density at radius 1 is 1.71 bits per heavy atom. The van der Waals surface area contributed by atoms with Crippen LogP contribution in [0.2, 0.25) is 0 Å². The predicted molar refractivity (Wildman–Crippen MR) is 53.2 cm³/mol. The molecule has 0 radical (unpaired) electrons. The Hall–Kier alpha value is -2.08. The molecular weight excluding hydrogens is 178 g/mol. The molecule has 0 aliphatic rings. The van der Waals surface area contributed by atoms with Crippen molar-refractivity contribution in [2.24, 2.45) is 0 Å². The van der Waals surface area contributed by atoms with Crippen LogP contribution in [0.3, 0.4) is 0 Å². The van der Waals surface area contributed by atoms with Crippen LogP contribution in [0.5, 0.6) is 0 Å². The van der Waals surface area contributed by atoms with Gasteiger partial charge < -0.3 is 4.74 Å². The highest BCUT2D eigenvalue weighted by Crippen LogP contribution is 2.05. The fourth-order valence-corrected chi connectivity index (χ4v) is 0.899. The van der Waals surface area contributed by atoms with Gasteiger partial charge in [0, 0.05) is 17.8 Å². The Labute approximate surface area is 82.4 Å². The minimum absolute atomic E-state index is 0.420. The quantitative estimate of drug-likeness (QED) is 0.397. The van der Waals surface area contributed by atoms with E-state index in [0.29, 0.717) is 5.69 Å². The highest BCUT2D eigenvalue weighted by Gasteiger charge is 1.97. The average molecular weight is 187 g/mol. The van der Waals surface area contributed by atoms with Crippen molar-refractivity contribution >= 4 is 12.0 Å². The van der Waals surface area contributed by atoms with Crippen molar-refractivity contribution in [3.05, 3.63) is 35.7 Å². The lowest BCUT2D eigenvalue weighted by molar-refractivity contribution is -0.134. The fraction of sp³-hybridized carbons (Fsp3) is 0.0909. The normalized spacial score (nSPS) is 9.71. The molecule has 3 nitrogen and oxygen atoms in total. The third kappa shape index (κ3) is 2.46. The lowest BCUT2D eigenvalue weighted by Crippen LogP contribution is -1.94. The van der Waals surface area contributed by atoms with E-state index < -0.39 is 5.97 Å². The number of rotatable bonds is 2. The molecule has 0 fully saturated rings. The Kier molecular flexibility index (Phi) is 3.45. The van der Waals surface area contributed by atoms with Crippen LogP contribution in [0.25, 0.3) is 6.08 Å². The third-order valence-electron chi connectivity index (χ3n) is 1.58. The largest absolute Gasteiger partial charge is 0.466 e. The number of aromatic nitrogens is 1. The highest BCUT2D eigenvalue weighted by atomic mass is 16.5. The summed E-state index contributed by atoms with van der Waals surface area (Å²) >= 11 is 0. The summed E-state index contributed by atoms with van der Waals surface area (Å²) in [7, 11) is 1.32. The van der Waals surface area contributed by atoms with E-state index in [2.05, 4.69) is 15.6 Å². The van der Waals surface area contributed by atoms with Crippen molar-refractivity contribution in [2.45, 2.75) is 0 Å². The molecule has 0 atom stereocenters. The molecule has 1 rings (SSSR count). The molecule has 1 heterocycles. The standard InChI is InChI=1S/C11H9NO2/c1-3-10-9(5-4-8-12-10)6-7-11(13)14-2/h1,4-8H,2H3. The van der Waals surface area contributed by atoms with Crippen LogP contribution < -0.4 is 0 Å². The maximum atomic E-state index is 10.8. The zero-order valence-electron chi connectivity index (χ0n) is 7.73. The molecule has 70 valence electrons. The number of hydrogen-bond acceptors (Lipinski definition) is 3. The number of pyridine rings is 1. The lowest BCUT2D eigenvalue weighted by Gasteiger charge is -1.95. The van der Waals surface area contributed by atoms with Gasteiger partial charge in [-0.25, -0.2) is 9.78 Å². The molecule has 0 saturated heterocycles. The summed E-state index contributed by atoms with van der Waals surface area (Å²) in [4.78, 5) is 14.8. The van der Waals surface area contributed by atoms with Gasteiger partial charge in [-0.2, -0.15) is 0 Å². The number of carbonyl (C=O) groups is 1. The minimum Gasteiger partial charge on any atom is -0.466 e. The maximum Gasteiger partial charge on any atom is 0.330 e. The SMILES string of the molecule is C#Cc1ncccc1C=CC(=O)OC. The first-order valence-electron chi connectivity index (χ1n) is 3.95. The highest BCUT2D eigenvalue weighted by molar-refractivity contribution is 5.87. The number of methoxy groups -OCH3 is 1. The van der Waals surface area contributed by atoms with E-state index in [-0.39, 0.29) is 0 Å². The van der Waals surface area contributed by atoms with E-state index in [4.69, 9.17) is 6.42 Å². The number of esters is 1. The van der Waals surface area contributed by atoms with E-state index in [0.717, 1.165) is 5.56 Å². The van der Waals surface area contributed by atoms with Crippen LogP contribution in [-0.2, 0) is 9.53 Å². The first kappa shape index (κ1) is 10.0. The summed E-state index contributed by atoms with van der Waals surface area (Å²) < 4.78 is 4.45. The van der Waals surface area contributed by atoms with Crippen LogP contribution in [-0.4, -0.2) is 18.1 Å². The van der Waals surface area contributed by atoms with Crippen LogP contribution in [0, 0.1) is 12.3 Å². The Balaban J connectivity index is 2.92. The molecule has 0 aromatic carbocycles. The molecule has 0 bridgehead atoms. The van der Waals surface area contributed by atoms with Gasteiger partial charge in [0.2, 0.25) is 0 Å². The van der Waals surface area contributed by atoms with Gasteiger partial charge in [0.1, 0.15) is 5.69 Å². The molecule has 14 heavy (non-hydrogen) atoms. The second-order valence-corrected chi connectivity index (χ2v) is 2.44. The van der Waals surface area contributed by atoms with Gasteiger partial charge in [0.15, 0.2) is 0 Å². The van der Waals surface area contributed by atoms with Gasteiger partial charge in [-0.05, 0) is 18.1 Å². The van der Waals surface area contributed by atoms with Gasteiger partial charge in [-0.15, -0.1) is 6.42 Å². The second kappa shape index (κ2) is 4.83. The summed E-state index contributed by atoms with van der Waals surface area (Å²) in [6.45, 7) is 0. The smallest absolute Gasteiger partial charge is 0.330 e. The number of ether oxygens (including phenoxy) is 1. The van der Waals surface area contributed by atoms with Gasteiger partial charge in [-0.1, -0.05) is 6.07 Å². The molecule has 0 amide bonds. The summed E-state index contributed by atoms with van der Waals surface area (Å²) in [5.41, 5.74) is 1.23. The van der Waals surface area contributed by atoms with Crippen LogP contribution in [0.15, 0.2) is 24.4 Å². The van der Waals surface area contributed by atoms with Crippen LogP contribution >= 0.6 is 0 Å². The number of terminal acetylenes is 1. The summed E-state index contributed by atoms with van der Waals surface area (Å²) in [6.07, 6.45) is 9.71. The van der Waals surface area contributed by atoms with E-state index in [1.807, 2.05) is 0 Å². The molecule has 0 aliphatic carbocycles. The second-order valence-electron chi connectivity index (χ2n) is 2.44. The molecule has 1 aromatic rings. The zero-order chi connectivity index (χ0) is 10.4. The molecular formula is C11H9NO2. The summed E-state index contributed by atoms with van der Waals surface area (Å²) in [6, 6.07) is 3.53. The van der Waals surface area contributed by atoms with Gasteiger partial charge in [0.25, 0.3) is 0 Å². The predicted octanol–water partition coefficient (Wildman–Crippen LogP) is 1.25. The van der Waals surface area contributed by atoms with E-state index in [1.54, 1.807) is 24.4 Å². The topological polar surface area (TPSA) is 39.2 Å². The Bertz CT molecular complexity index is 402. The lowest BCUT2D eigenvalue weighted by atomic mass is 10.2. The van der Waals surface area contributed by atoms with Gasteiger partial charge in [-0.3, -0.25) is 0 Å². The van der Waals surface area contributed by atoms with Gasteiger partial charge >= 0.3 is 5.97 Å². The van der Waals surface area contributed by atoms with Crippen molar-refractivity contribution in [3.8, 4) is 12.3 Å². The van der Waals surface area contributed by atoms with Crippen molar-refractivity contribution in [2.75, 3.05) is 7.11 Å². The molecule has 3 heteroatoms. The first-order valence-corrected chi connectivity index (χ1v) is 3.95. The minimum atomic E-state index is -0.420. The first-order chi connectivity index (χ1) is 6.77. The molecule has 0 aliphatic heterocycles. The van der Waals surface area contributed by atoms with E-state index in [1.165, 1.54) is 13.2 Å². The molecule has 1 aromatic heterocycles. The van der Waals surface area contributed by atoms with E-state index in [9.17, 15) is 4.79 Å². The third-order valence-corrected chi connectivity index (χ3v) is 1.58. The summed E-state index contributed by atoms with van der Waals surface area (Å²) in [5, 5.41) is 0. The number of carbonyl (C=O) groups excluding carboxylic acids is 1.